The zero-order valence-electron chi connectivity index (χ0n) is 11.4. The molecule has 1 heterocycles. The number of nitrogens with zero attached hydrogens (tertiary/aromatic N) is 1. The van der Waals surface area contributed by atoms with Gasteiger partial charge in [-0.1, -0.05) is 25.3 Å². The minimum atomic E-state index is -0.744. The van der Waals surface area contributed by atoms with E-state index in [4.69, 9.17) is 5.73 Å². The summed E-state index contributed by atoms with van der Waals surface area (Å²) in [6.45, 7) is 0.622. The number of hydrogen-bond acceptors (Lipinski definition) is 2. The first-order valence-corrected chi connectivity index (χ1v) is 6.99. The molecule has 1 saturated carbocycles. The third-order valence-corrected chi connectivity index (χ3v) is 4.36. The molecular formula is C15H20ClFN2O. The van der Waals surface area contributed by atoms with Crippen molar-refractivity contribution in [2.24, 2.45) is 5.73 Å². The average Bonchev–Trinajstić information content (AvgIpc) is 2.81. The first-order chi connectivity index (χ1) is 9.10. The SMILES string of the molecule is Cl.NC1(C(=O)N2CCc3ccc(F)cc32)CCCCC1. The summed E-state index contributed by atoms with van der Waals surface area (Å²) in [7, 11) is 0. The molecule has 0 aromatic heterocycles. The van der Waals surface area contributed by atoms with Gasteiger partial charge < -0.3 is 10.6 Å². The summed E-state index contributed by atoms with van der Waals surface area (Å²) in [5.74, 6) is -0.329. The third kappa shape index (κ3) is 2.54. The fourth-order valence-corrected chi connectivity index (χ4v) is 3.23. The predicted octanol–water partition coefficient (Wildman–Crippen LogP) is 2.80. The molecule has 5 heteroatoms. The van der Waals surface area contributed by atoms with Gasteiger partial charge in [0, 0.05) is 12.2 Å². The van der Waals surface area contributed by atoms with Crippen LogP contribution < -0.4 is 10.6 Å². The van der Waals surface area contributed by atoms with Crippen LogP contribution in [-0.4, -0.2) is 18.0 Å². The highest BCUT2D eigenvalue weighted by molar-refractivity contribution is 6.01. The van der Waals surface area contributed by atoms with E-state index in [-0.39, 0.29) is 24.1 Å². The molecule has 1 aromatic rings. The van der Waals surface area contributed by atoms with Crippen LogP contribution in [0.15, 0.2) is 18.2 Å². The van der Waals surface area contributed by atoms with E-state index in [9.17, 15) is 9.18 Å². The molecule has 20 heavy (non-hydrogen) atoms. The van der Waals surface area contributed by atoms with Crippen LogP contribution in [0.25, 0.3) is 0 Å². The lowest BCUT2D eigenvalue weighted by Crippen LogP contribution is -2.56. The Morgan fingerprint density at radius 3 is 2.65 bits per heavy atom. The van der Waals surface area contributed by atoms with Crippen molar-refractivity contribution in [3.8, 4) is 0 Å². The Hall–Kier alpha value is -1.13. The largest absolute Gasteiger partial charge is 0.317 e. The third-order valence-electron chi connectivity index (χ3n) is 4.36. The van der Waals surface area contributed by atoms with E-state index in [2.05, 4.69) is 0 Å². The number of halogens is 2. The summed E-state index contributed by atoms with van der Waals surface area (Å²) in [6, 6.07) is 4.67. The van der Waals surface area contributed by atoms with Gasteiger partial charge in [0.15, 0.2) is 0 Å². The number of amides is 1. The maximum Gasteiger partial charge on any atom is 0.247 e. The molecule has 1 aromatic carbocycles. The number of nitrogens with two attached hydrogens (primary N) is 1. The van der Waals surface area contributed by atoms with Gasteiger partial charge >= 0.3 is 0 Å². The second-order valence-electron chi connectivity index (χ2n) is 5.70. The predicted molar refractivity (Wildman–Crippen MR) is 79.7 cm³/mol. The van der Waals surface area contributed by atoms with Crippen LogP contribution in [0.5, 0.6) is 0 Å². The molecule has 110 valence electrons. The summed E-state index contributed by atoms with van der Waals surface area (Å²) in [4.78, 5) is 14.4. The van der Waals surface area contributed by atoms with Crippen molar-refractivity contribution in [1.82, 2.24) is 0 Å². The Bertz CT molecular complexity index is 515. The molecule has 0 unspecified atom stereocenters. The molecule has 3 nitrogen and oxygen atoms in total. The average molecular weight is 299 g/mol. The normalized spacial score (nSPS) is 20.2. The van der Waals surface area contributed by atoms with Gasteiger partial charge in [0.1, 0.15) is 5.82 Å². The highest BCUT2D eigenvalue weighted by atomic mass is 35.5. The Morgan fingerprint density at radius 2 is 1.95 bits per heavy atom. The van der Waals surface area contributed by atoms with Gasteiger partial charge in [0.05, 0.1) is 5.54 Å². The van der Waals surface area contributed by atoms with Crippen LogP contribution in [-0.2, 0) is 11.2 Å². The summed E-state index contributed by atoms with van der Waals surface area (Å²) in [5, 5.41) is 0. The standard InChI is InChI=1S/C15H19FN2O.ClH/c16-12-5-4-11-6-9-18(13(11)10-12)14(19)15(17)7-2-1-3-8-15;/h4-5,10H,1-3,6-9,17H2;1H. The zero-order chi connectivity index (χ0) is 13.5. The summed E-state index contributed by atoms with van der Waals surface area (Å²) >= 11 is 0. The van der Waals surface area contributed by atoms with Crippen molar-refractivity contribution >= 4 is 24.0 Å². The Labute approximate surface area is 124 Å². The quantitative estimate of drug-likeness (QED) is 0.866. The lowest BCUT2D eigenvalue weighted by molar-refractivity contribution is -0.124. The van der Waals surface area contributed by atoms with Crippen molar-refractivity contribution in [3.05, 3.63) is 29.6 Å². The van der Waals surface area contributed by atoms with Gasteiger partial charge in [-0.15, -0.1) is 12.4 Å². The summed E-state index contributed by atoms with van der Waals surface area (Å²) in [6.07, 6.45) is 5.44. The van der Waals surface area contributed by atoms with E-state index in [1.54, 1.807) is 11.0 Å². The molecule has 1 aliphatic heterocycles. The first kappa shape index (κ1) is 15.3. The maximum atomic E-state index is 13.4. The number of hydrogen-bond donors (Lipinski definition) is 1. The lowest BCUT2D eigenvalue weighted by Gasteiger charge is -2.35. The maximum absolute atomic E-state index is 13.4. The molecule has 0 saturated heterocycles. The van der Waals surface area contributed by atoms with E-state index in [0.717, 1.165) is 44.1 Å². The Balaban J connectivity index is 0.00000147. The first-order valence-electron chi connectivity index (χ1n) is 6.99. The van der Waals surface area contributed by atoms with Crippen LogP contribution in [0.2, 0.25) is 0 Å². The summed E-state index contributed by atoms with van der Waals surface area (Å²) in [5.41, 5.74) is 7.29. The number of anilines is 1. The van der Waals surface area contributed by atoms with E-state index in [1.807, 2.05) is 0 Å². The van der Waals surface area contributed by atoms with E-state index >= 15 is 0 Å². The molecule has 1 amide bonds. The fourth-order valence-electron chi connectivity index (χ4n) is 3.23. The van der Waals surface area contributed by atoms with Crippen LogP contribution in [0.1, 0.15) is 37.7 Å². The zero-order valence-corrected chi connectivity index (χ0v) is 12.2. The van der Waals surface area contributed by atoms with Crippen molar-refractivity contribution in [2.45, 2.75) is 44.1 Å². The van der Waals surface area contributed by atoms with Crippen LogP contribution in [0, 0.1) is 5.82 Å². The second-order valence-corrected chi connectivity index (χ2v) is 5.70. The fraction of sp³-hybridized carbons (Fsp3) is 0.533. The molecule has 1 aliphatic carbocycles. The topological polar surface area (TPSA) is 46.3 Å². The number of carbonyl (C=O) groups is 1. The van der Waals surface area contributed by atoms with E-state index in [0.29, 0.717) is 12.2 Å². The van der Waals surface area contributed by atoms with Crippen molar-refractivity contribution in [1.29, 1.82) is 0 Å². The number of fused-ring (bicyclic) bond motifs is 1. The highest BCUT2D eigenvalue weighted by Gasteiger charge is 2.40. The smallest absolute Gasteiger partial charge is 0.247 e. The van der Waals surface area contributed by atoms with Crippen LogP contribution in [0.3, 0.4) is 0 Å². The molecular weight excluding hydrogens is 279 g/mol. The molecule has 0 radical (unpaired) electrons. The monoisotopic (exact) mass is 298 g/mol. The van der Waals surface area contributed by atoms with E-state index in [1.165, 1.54) is 12.1 Å². The van der Waals surface area contributed by atoms with Crippen LogP contribution >= 0.6 is 12.4 Å². The number of rotatable bonds is 1. The van der Waals surface area contributed by atoms with Gasteiger partial charge in [-0.2, -0.15) is 0 Å². The second kappa shape index (κ2) is 5.70. The minimum Gasteiger partial charge on any atom is -0.317 e. The van der Waals surface area contributed by atoms with Crippen molar-refractivity contribution < 1.29 is 9.18 Å². The van der Waals surface area contributed by atoms with Gasteiger partial charge in [-0.25, -0.2) is 4.39 Å². The molecule has 3 rings (SSSR count). The van der Waals surface area contributed by atoms with Crippen LogP contribution in [0.4, 0.5) is 10.1 Å². The highest BCUT2D eigenvalue weighted by Crippen LogP contribution is 2.34. The van der Waals surface area contributed by atoms with Gasteiger partial charge in [-0.05, 0) is 37.0 Å². The summed E-state index contributed by atoms with van der Waals surface area (Å²) < 4.78 is 13.4. The molecule has 0 atom stereocenters. The van der Waals surface area contributed by atoms with Crippen molar-refractivity contribution in [2.75, 3.05) is 11.4 Å². The number of benzene rings is 1. The lowest BCUT2D eigenvalue weighted by atomic mass is 9.81. The Morgan fingerprint density at radius 1 is 1.25 bits per heavy atom. The van der Waals surface area contributed by atoms with Gasteiger partial charge in [0.25, 0.3) is 0 Å². The Kier molecular flexibility index (Phi) is 4.35. The van der Waals surface area contributed by atoms with Gasteiger partial charge in [-0.3, -0.25) is 4.79 Å². The van der Waals surface area contributed by atoms with Gasteiger partial charge in [0.2, 0.25) is 5.91 Å². The molecule has 1 fully saturated rings. The van der Waals surface area contributed by atoms with Crippen molar-refractivity contribution in [3.63, 3.8) is 0 Å². The molecule has 2 N–H and O–H groups in total. The molecule has 0 spiro atoms. The van der Waals surface area contributed by atoms with E-state index < -0.39 is 5.54 Å². The molecule has 0 bridgehead atoms. The minimum absolute atomic E-state index is 0. The molecule has 2 aliphatic rings. The number of carbonyl (C=O) groups excluding carboxylic acids is 1.